The lowest BCUT2D eigenvalue weighted by Crippen LogP contribution is -2.26. The topological polar surface area (TPSA) is 74.8 Å². The fourth-order valence-electron chi connectivity index (χ4n) is 1.77. The molecule has 1 N–H and O–H groups in total. The molecule has 6 nitrogen and oxygen atoms in total. The summed E-state index contributed by atoms with van der Waals surface area (Å²) in [6, 6.07) is 0. The largest absolute Gasteiger partial charge is 0.279 e. The van der Waals surface area contributed by atoms with Gasteiger partial charge in [0.25, 0.3) is 0 Å². The number of aromatic amines is 1. The predicted molar refractivity (Wildman–Crippen MR) is 66.4 cm³/mol. The van der Waals surface area contributed by atoms with Crippen molar-refractivity contribution in [1.29, 1.82) is 0 Å². The molecule has 3 rings (SSSR count). The molecule has 3 heterocycles. The third-order valence-corrected chi connectivity index (χ3v) is 3.47. The highest BCUT2D eigenvalue weighted by molar-refractivity contribution is 9.09. The van der Waals surface area contributed by atoms with Gasteiger partial charge in [0.15, 0.2) is 5.65 Å². The van der Waals surface area contributed by atoms with E-state index in [4.69, 9.17) is 11.6 Å². The van der Waals surface area contributed by atoms with Crippen LogP contribution in [0, 0.1) is 0 Å². The molecule has 1 saturated heterocycles. The summed E-state index contributed by atoms with van der Waals surface area (Å²) in [5.41, 5.74) is 0.533. The summed E-state index contributed by atoms with van der Waals surface area (Å²) in [6.07, 6.45) is 2.00. The van der Waals surface area contributed by atoms with E-state index in [1.54, 1.807) is 6.20 Å². The van der Waals surface area contributed by atoms with Gasteiger partial charge in [0.2, 0.25) is 11.9 Å². The molecular weight excluding hydrogens is 309 g/mol. The quantitative estimate of drug-likeness (QED) is 0.639. The zero-order chi connectivity index (χ0) is 12.0. The molecule has 0 saturated carbocycles. The monoisotopic (exact) mass is 315 g/mol. The molecule has 0 bridgehead atoms. The maximum Gasteiger partial charge on any atom is 0.235 e. The highest BCUT2D eigenvalue weighted by Gasteiger charge is 2.31. The molecule has 17 heavy (non-hydrogen) atoms. The average molecular weight is 317 g/mol. The van der Waals surface area contributed by atoms with Crippen molar-refractivity contribution >= 4 is 50.4 Å². The molecule has 1 amide bonds. The summed E-state index contributed by atoms with van der Waals surface area (Å²) >= 11 is 9.41. The Kier molecular flexibility index (Phi) is 2.52. The van der Waals surface area contributed by atoms with Crippen molar-refractivity contribution in [2.24, 2.45) is 0 Å². The van der Waals surface area contributed by atoms with E-state index in [1.807, 2.05) is 0 Å². The number of hydrogen-bond donors (Lipinski definition) is 1. The van der Waals surface area contributed by atoms with Crippen molar-refractivity contribution in [3.8, 4) is 0 Å². The smallest absolute Gasteiger partial charge is 0.235 e. The van der Waals surface area contributed by atoms with Crippen LogP contribution in [0.1, 0.15) is 6.42 Å². The number of nitrogens with one attached hydrogen (secondary N) is 1. The number of rotatable bonds is 1. The molecular formula is C9H7BrClN5O. The van der Waals surface area contributed by atoms with Crippen LogP contribution in [0.3, 0.4) is 0 Å². The summed E-state index contributed by atoms with van der Waals surface area (Å²) in [6.45, 7) is 0.550. The number of anilines is 1. The van der Waals surface area contributed by atoms with Gasteiger partial charge in [-0.3, -0.25) is 14.8 Å². The number of H-pyrrole nitrogens is 1. The van der Waals surface area contributed by atoms with E-state index in [9.17, 15) is 4.79 Å². The molecule has 8 heteroatoms. The first-order valence-corrected chi connectivity index (χ1v) is 6.25. The Morgan fingerprint density at radius 3 is 3.06 bits per heavy atom. The number of halogens is 2. The lowest BCUT2D eigenvalue weighted by atomic mass is 10.4. The molecule has 1 atom stereocenters. The van der Waals surface area contributed by atoms with Crippen molar-refractivity contribution < 1.29 is 4.79 Å². The normalized spacial score (nSPS) is 20.5. The van der Waals surface area contributed by atoms with E-state index >= 15 is 0 Å². The summed E-state index contributed by atoms with van der Waals surface area (Å²) in [4.78, 5) is 21.7. The van der Waals surface area contributed by atoms with Crippen LogP contribution in [0.2, 0.25) is 5.15 Å². The Balaban J connectivity index is 2.08. The molecule has 2 aromatic heterocycles. The van der Waals surface area contributed by atoms with Crippen LogP contribution in [0.5, 0.6) is 0 Å². The van der Waals surface area contributed by atoms with Gasteiger partial charge in [-0.05, 0) is 0 Å². The van der Waals surface area contributed by atoms with Gasteiger partial charge in [0, 0.05) is 17.8 Å². The van der Waals surface area contributed by atoms with Crippen LogP contribution in [0.15, 0.2) is 6.20 Å². The zero-order valence-electron chi connectivity index (χ0n) is 8.52. The van der Waals surface area contributed by atoms with E-state index in [0.29, 0.717) is 35.1 Å². The Labute approximate surface area is 109 Å². The van der Waals surface area contributed by atoms with Gasteiger partial charge >= 0.3 is 0 Å². The standard InChI is InChI=1S/C9H7BrClN5O/c10-4-1-6(17)16(3-4)9-13-7(11)5-2-12-15-8(5)14-9/h2,4H,1,3H2,(H,12,13,14,15). The molecule has 0 radical (unpaired) electrons. The maximum absolute atomic E-state index is 11.7. The molecule has 1 aliphatic heterocycles. The van der Waals surface area contributed by atoms with Crippen molar-refractivity contribution in [1.82, 2.24) is 20.2 Å². The number of hydrogen-bond acceptors (Lipinski definition) is 4. The molecule has 2 aromatic rings. The Morgan fingerprint density at radius 2 is 2.35 bits per heavy atom. The van der Waals surface area contributed by atoms with Crippen molar-refractivity contribution in [2.75, 3.05) is 11.4 Å². The van der Waals surface area contributed by atoms with Crippen LogP contribution >= 0.6 is 27.5 Å². The van der Waals surface area contributed by atoms with Crippen molar-refractivity contribution in [2.45, 2.75) is 11.2 Å². The Hall–Kier alpha value is -1.21. The SMILES string of the molecule is O=C1CC(Br)CN1c1nc(Cl)c2cn[nH]c2n1. The molecule has 1 aliphatic rings. The highest BCUT2D eigenvalue weighted by atomic mass is 79.9. The number of carbonyl (C=O) groups excluding carboxylic acids is 1. The summed E-state index contributed by atoms with van der Waals surface area (Å²) in [7, 11) is 0. The maximum atomic E-state index is 11.7. The third-order valence-electron chi connectivity index (χ3n) is 2.57. The van der Waals surface area contributed by atoms with Crippen LogP contribution in [-0.4, -0.2) is 37.4 Å². The van der Waals surface area contributed by atoms with Crippen LogP contribution < -0.4 is 4.90 Å². The highest BCUT2D eigenvalue weighted by Crippen LogP contribution is 2.26. The molecule has 1 unspecified atom stereocenters. The van der Waals surface area contributed by atoms with Gasteiger partial charge in [-0.2, -0.15) is 15.1 Å². The fourth-order valence-corrected chi connectivity index (χ4v) is 2.55. The predicted octanol–water partition coefficient (Wildman–Crippen LogP) is 1.51. The van der Waals surface area contributed by atoms with Gasteiger partial charge < -0.3 is 0 Å². The van der Waals surface area contributed by atoms with E-state index < -0.39 is 0 Å². The second kappa shape index (κ2) is 3.92. The Morgan fingerprint density at radius 1 is 1.53 bits per heavy atom. The number of amides is 1. The summed E-state index contributed by atoms with van der Waals surface area (Å²) in [5.74, 6) is 0.306. The molecule has 88 valence electrons. The lowest BCUT2D eigenvalue weighted by Gasteiger charge is -2.13. The van der Waals surface area contributed by atoms with Gasteiger partial charge in [-0.25, -0.2) is 0 Å². The van der Waals surface area contributed by atoms with E-state index in [-0.39, 0.29) is 10.7 Å². The molecule has 1 fully saturated rings. The van der Waals surface area contributed by atoms with Crippen LogP contribution in [0.4, 0.5) is 5.95 Å². The number of fused-ring (bicyclic) bond motifs is 1. The first-order chi connectivity index (χ1) is 8.15. The van der Waals surface area contributed by atoms with Crippen molar-refractivity contribution in [3.05, 3.63) is 11.3 Å². The van der Waals surface area contributed by atoms with Crippen LogP contribution in [-0.2, 0) is 4.79 Å². The minimum Gasteiger partial charge on any atom is -0.279 e. The second-order valence-corrected chi connectivity index (χ2v) is 5.41. The average Bonchev–Trinajstić information content (AvgIpc) is 2.84. The number of aromatic nitrogens is 4. The first-order valence-electron chi connectivity index (χ1n) is 4.96. The number of carbonyl (C=O) groups is 1. The lowest BCUT2D eigenvalue weighted by molar-refractivity contribution is -0.117. The van der Waals surface area contributed by atoms with Gasteiger partial charge in [0.1, 0.15) is 5.15 Å². The number of nitrogens with zero attached hydrogens (tertiary/aromatic N) is 4. The molecule has 0 aliphatic carbocycles. The summed E-state index contributed by atoms with van der Waals surface area (Å²) < 4.78 is 0. The minimum atomic E-state index is -0.0122. The molecule has 0 aromatic carbocycles. The zero-order valence-corrected chi connectivity index (χ0v) is 10.9. The van der Waals surface area contributed by atoms with Crippen molar-refractivity contribution in [3.63, 3.8) is 0 Å². The van der Waals surface area contributed by atoms with E-state index in [0.717, 1.165) is 0 Å². The first kappa shape index (κ1) is 10.9. The summed E-state index contributed by atoms with van der Waals surface area (Å²) in [5, 5.41) is 7.50. The second-order valence-electron chi connectivity index (χ2n) is 3.75. The van der Waals surface area contributed by atoms with Gasteiger partial charge in [-0.1, -0.05) is 27.5 Å². The van der Waals surface area contributed by atoms with Gasteiger partial charge in [-0.15, -0.1) is 0 Å². The minimum absolute atomic E-state index is 0.0122. The van der Waals surface area contributed by atoms with Gasteiger partial charge in [0.05, 0.1) is 11.6 Å². The van der Waals surface area contributed by atoms with Crippen LogP contribution in [0.25, 0.3) is 11.0 Å². The van der Waals surface area contributed by atoms with E-state index in [2.05, 4.69) is 36.1 Å². The van der Waals surface area contributed by atoms with E-state index in [1.165, 1.54) is 4.90 Å². The third kappa shape index (κ3) is 1.79. The Bertz CT molecular complexity index is 600. The fraction of sp³-hybridized carbons (Fsp3) is 0.333. The number of alkyl halides is 1. The molecule has 0 spiro atoms.